The number of carbonyl (C=O) groups is 1. The van der Waals surface area contributed by atoms with E-state index in [-0.39, 0.29) is 30.1 Å². The number of carboxylic acids is 1. The van der Waals surface area contributed by atoms with Crippen LogP contribution in [0.4, 0.5) is 4.39 Å². The molecule has 2 N–H and O–H groups in total. The number of benzene rings is 1. The number of halogens is 1. The van der Waals surface area contributed by atoms with Gasteiger partial charge >= 0.3 is 5.97 Å². The number of hydrogen-bond acceptors (Lipinski definition) is 3. The molecule has 2 rings (SSSR count). The maximum absolute atomic E-state index is 13.4. The van der Waals surface area contributed by atoms with E-state index in [1.807, 2.05) is 6.92 Å². The van der Waals surface area contributed by atoms with Crippen molar-refractivity contribution in [3.8, 4) is 5.75 Å². The van der Waals surface area contributed by atoms with Crippen LogP contribution in [0.3, 0.4) is 0 Å². The van der Waals surface area contributed by atoms with E-state index in [1.54, 1.807) is 0 Å². The molecule has 0 amide bonds. The summed E-state index contributed by atoms with van der Waals surface area (Å²) in [4.78, 5) is 13.0. The third-order valence-electron chi connectivity index (χ3n) is 4.30. The first kappa shape index (κ1) is 15.8. The van der Waals surface area contributed by atoms with E-state index in [1.165, 1.54) is 18.2 Å². The highest BCUT2D eigenvalue weighted by Gasteiger charge is 2.28. The van der Waals surface area contributed by atoms with Gasteiger partial charge < -0.3 is 10.2 Å². The molecule has 0 bridgehead atoms. The van der Waals surface area contributed by atoms with E-state index in [0.29, 0.717) is 12.0 Å². The largest absolute Gasteiger partial charge is 0.508 e. The van der Waals surface area contributed by atoms with Gasteiger partial charge in [-0.1, -0.05) is 6.42 Å². The fraction of sp³-hybridized carbons (Fsp3) is 0.562. The summed E-state index contributed by atoms with van der Waals surface area (Å²) in [6.07, 6.45) is 3.82. The molecule has 1 fully saturated rings. The monoisotopic (exact) mass is 295 g/mol. The zero-order valence-electron chi connectivity index (χ0n) is 12.3. The molecule has 2 atom stereocenters. The van der Waals surface area contributed by atoms with Crippen LogP contribution in [0.25, 0.3) is 0 Å². The maximum Gasteiger partial charge on any atom is 0.303 e. The standard InChI is InChI=1S/C16H22FNO3/c1-11(14-10-12(17)5-7-15(14)19)18-9-3-2-4-13(18)6-8-16(20)21/h5,7,10-11,13,19H,2-4,6,8-9H2,1H3,(H,20,21). The Morgan fingerprint density at radius 3 is 2.95 bits per heavy atom. The molecule has 5 heteroatoms. The van der Waals surface area contributed by atoms with Crippen LogP contribution < -0.4 is 0 Å². The first-order valence-corrected chi connectivity index (χ1v) is 7.45. The molecule has 0 saturated carbocycles. The molecular weight excluding hydrogens is 273 g/mol. The highest BCUT2D eigenvalue weighted by molar-refractivity contribution is 5.66. The zero-order valence-corrected chi connectivity index (χ0v) is 12.3. The second-order valence-electron chi connectivity index (χ2n) is 5.70. The highest BCUT2D eigenvalue weighted by Crippen LogP contribution is 2.34. The SMILES string of the molecule is CC(c1cc(F)ccc1O)N1CCCCC1CCC(=O)O. The lowest BCUT2D eigenvalue weighted by molar-refractivity contribution is -0.137. The summed E-state index contributed by atoms with van der Waals surface area (Å²) in [5, 5.41) is 18.8. The zero-order chi connectivity index (χ0) is 15.4. The van der Waals surface area contributed by atoms with Crippen LogP contribution in [0.5, 0.6) is 5.75 Å². The minimum atomic E-state index is -0.790. The summed E-state index contributed by atoms with van der Waals surface area (Å²) in [6.45, 7) is 2.79. The maximum atomic E-state index is 13.4. The topological polar surface area (TPSA) is 60.8 Å². The molecule has 1 aromatic carbocycles. The summed E-state index contributed by atoms with van der Waals surface area (Å²) < 4.78 is 13.4. The van der Waals surface area contributed by atoms with Crippen molar-refractivity contribution in [3.05, 3.63) is 29.6 Å². The molecule has 116 valence electrons. The second-order valence-corrected chi connectivity index (χ2v) is 5.70. The molecule has 1 heterocycles. The molecule has 4 nitrogen and oxygen atoms in total. The number of aliphatic carboxylic acids is 1. The predicted octanol–water partition coefficient (Wildman–Crippen LogP) is 3.31. The number of hydrogen-bond donors (Lipinski definition) is 2. The molecule has 21 heavy (non-hydrogen) atoms. The molecule has 0 aromatic heterocycles. The fourth-order valence-corrected chi connectivity index (χ4v) is 3.17. The lowest BCUT2D eigenvalue weighted by Gasteiger charge is -2.40. The van der Waals surface area contributed by atoms with Crippen molar-refractivity contribution in [3.63, 3.8) is 0 Å². The number of phenolic OH excluding ortho intramolecular Hbond substituents is 1. The number of likely N-dealkylation sites (tertiary alicyclic amines) is 1. The predicted molar refractivity (Wildman–Crippen MR) is 77.7 cm³/mol. The third-order valence-corrected chi connectivity index (χ3v) is 4.30. The molecule has 0 spiro atoms. The first-order chi connectivity index (χ1) is 9.99. The lowest BCUT2D eigenvalue weighted by Crippen LogP contribution is -2.41. The van der Waals surface area contributed by atoms with Crippen molar-refractivity contribution in [2.75, 3.05) is 6.54 Å². The van der Waals surface area contributed by atoms with Crippen molar-refractivity contribution in [1.29, 1.82) is 0 Å². The van der Waals surface area contributed by atoms with E-state index in [0.717, 1.165) is 25.8 Å². The Morgan fingerprint density at radius 2 is 2.24 bits per heavy atom. The van der Waals surface area contributed by atoms with Crippen LogP contribution in [0.1, 0.15) is 50.6 Å². The summed E-state index contributed by atoms with van der Waals surface area (Å²) >= 11 is 0. The molecule has 0 radical (unpaired) electrons. The summed E-state index contributed by atoms with van der Waals surface area (Å²) in [5.41, 5.74) is 0.567. The number of aromatic hydroxyl groups is 1. The van der Waals surface area contributed by atoms with Crippen LogP contribution in [-0.4, -0.2) is 33.7 Å². The van der Waals surface area contributed by atoms with Gasteiger partial charge in [-0.2, -0.15) is 0 Å². The minimum absolute atomic E-state index is 0.0893. The number of carboxylic acid groups (broad SMARTS) is 1. The lowest BCUT2D eigenvalue weighted by atomic mass is 9.94. The van der Waals surface area contributed by atoms with Crippen LogP contribution in [-0.2, 0) is 4.79 Å². The van der Waals surface area contributed by atoms with Crippen molar-refractivity contribution < 1.29 is 19.4 Å². The van der Waals surface area contributed by atoms with Crippen molar-refractivity contribution in [2.24, 2.45) is 0 Å². The third kappa shape index (κ3) is 3.94. The van der Waals surface area contributed by atoms with Crippen molar-refractivity contribution in [1.82, 2.24) is 4.90 Å². The van der Waals surface area contributed by atoms with Crippen LogP contribution in [0.2, 0.25) is 0 Å². The van der Waals surface area contributed by atoms with Crippen LogP contribution in [0, 0.1) is 5.82 Å². The van der Waals surface area contributed by atoms with E-state index >= 15 is 0 Å². The Kier molecular flexibility index (Phi) is 5.17. The Hall–Kier alpha value is -1.62. The number of piperidine rings is 1. The van der Waals surface area contributed by atoms with E-state index in [9.17, 15) is 14.3 Å². The van der Waals surface area contributed by atoms with Crippen LogP contribution in [0.15, 0.2) is 18.2 Å². The number of phenols is 1. The van der Waals surface area contributed by atoms with E-state index < -0.39 is 5.97 Å². The average Bonchev–Trinajstić information content (AvgIpc) is 2.47. The van der Waals surface area contributed by atoms with Gasteiger partial charge in [-0.05, 0) is 50.9 Å². The highest BCUT2D eigenvalue weighted by atomic mass is 19.1. The summed E-state index contributed by atoms with van der Waals surface area (Å²) in [5.74, 6) is -1.07. The molecule has 1 aliphatic heterocycles. The van der Waals surface area contributed by atoms with Gasteiger partial charge in [0.25, 0.3) is 0 Å². The normalized spacial score (nSPS) is 21.1. The fourth-order valence-electron chi connectivity index (χ4n) is 3.17. The van der Waals surface area contributed by atoms with E-state index in [2.05, 4.69) is 4.90 Å². The van der Waals surface area contributed by atoms with Gasteiger partial charge in [0.1, 0.15) is 11.6 Å². The molecule has 2 unspecified atom stereocenters. The van der Waals surface area contributed by atoms with E-state index in [4.69, 9.17) is 5.11 Å². The van der Waals surface area contributed by atoms with Gasteiger partial charge in [-0.3, -0.25) is 9.69 Å². The van der Waals surface area contributed by atoms with Gasteiger partial charge in [0.05, 0.1) is 0 Å². The Morgan fingerprint density at radius 1 is 1.48 bits per heavy atom. The van der Waals surface area contributed by atoms with Crippen molar-refractivity contribution in [2.45, 2.75) is 51.1 Å². The Labute approximate surface area is 124 Å². The van der Waals surface area contributed by atoms with Crippen molar-refractivity contribution >= 4 is 5.97 Å². The average molecular weight is 295 g/mol. The van der Waals surface area contributed by atoms with Gasteiger partial charge in [0, 0.05) is 24.1 Å². The summed E-state index contributed by atoms with van der Waals surface area (Å²) in [6, 6.07) is 4.02. The molecule has 0 aliphatic carbocycles. The van der Waals surface area contributed by atoms with Gasteiger partial charge in [-0.25, -0.2) is 4.39 Å². The molecular formula is C16H22FNO3. The minimum Gasteiger partial charge on any atom is -0.508 e. The number of rotatable bonds is 5. The quantitative estimate of drug-likeness (QED) is 0.875. The first-order valence-electron chi connectivity index (χ1n) is 7.45. The smallest absolute Gasteiger partial charge is 0.303 e. The van der Waals surface area contributed by atoms with Gasteiger partial charge in [0.15, 0.2) is 0 Å². The van der Waals surface area contributed by atoms with Gasteiger partial charge in [-0.15, -0.1) is 0 Å². The molecule has 1 aromatic rings. The van der Waals surface area contributed by atoms with Crippen LogP contribution >= 0.6 is 0 Å². The second kappa shape index (κ2) is 6.89. The summed E-state index contributed by atoms with van der Waals surface area (Å²) in [7, 11) is 0. The van der Waals surface area contributed by atoms with Gasteiger partial charge in [0.2, 0.25) is 0 Å². The Bertz CT molecular complexity index is 506. The Balaban J connectivity index is 2.15. The molecule has 1 aliphatic rings. The molecule has 1 saturated heterocycles. The number of nitrogens with zero attached hydrogens (tertiary/aromatic N) is 1.